The number of aryl methyl sites for hydroxylation is 1. The minimum absolute atomic E-state index is 0.0774. The van der Waals surface area contributed by atoms with Gasteiger partial charge in [-0.1, -0.05) is 26.0 Å². The largest absolute Gasteiger partial charge is 0.384 e. The Morgan fingerprint density at radius 1 is 1.44 bits per heavy atom. The van der Waals surface area contributed by atoms with Crippen LogP contribution in [0, 0.1) is 18.7 Å². The maximum absolute atomic E-state index is 13.3. The summed E-state index contributed by atoms with van der Waals surface area (Å²) in [6.07, 6.45) is 2.38. The molecule has 1 aliphatic rings. The number of benzene rings is 1. The summed E-state index contributed by atoms with van der Waals surface area (Å²) in [4.78, 5) is 0. The molecule has 1 fully saturated rings. The second kappa shape index (κ2) is 4.98. The second-order valence-electron chi connectivity index (χ2n) is 5.70. The molecule has 0 aliphatic heterocycles. The third-order valence-corrected chi connectivity index (χ3v) is 3.85. The molecular formula is C15H22FNO. The summed E-state index contributed by atoms with van der Waals surface area (Å²) in [7, 11) is 0. The third kappa shape index (κ3) is 2.73. The lowest BCUT2D eigenvalue weighted by Crippen LogP contribution is -2.43. The molecule has 100 valence electrons. The first-order valence-corrected chi connectivity index (χ1v) is 6.66. The lowest BCUT2D eigenvalue weighted by Gasteiger charge is -2.33. The molecule has 1 aromatic carbocycles. The fraction of sp³-hybridized carbons (Fsp3) is 0.600. The van der Waals surface area contributed by atoms with Crippen LogP contribution in [0.5, 0.6) is 0 Å². The number of aliphatic hydroxyl groups is 1. The average Bonchev–Trinajstić information content (AvgIpc) is 3.13. The highest BCUT2D eigenvalue weighted by Crippen LogP contribution is 2.31. The molecular weight excluding hydrogens is 229 g/mol. The van der Waals surface area contributed by atoms with Crippen LogP contribution in [0.15, 0.2) is 18.2 Å². The molecule has 0 spiro atoms. The van der Waals surface area contributed by atoms with Crippen molar-refractivity contribution in [1.82, 2.24) is 5.32 Å². The first-order valence-electron chi connectivity index (χ1n) is 6.66. The van der Waals surface area contributed by atoms with Gasteiger partial charge in [0, 0.05) is 12.6 Å². The Morgan fingerprint density at radius 3 is 2.61 bits per heavy atom. The molecule has 2 N–H and O–H groups in total. The summed E-state index contributed by atoms with van der Waals surface area (Å²) in [5.41, 5.74) is 0.448. The highest BCUT2D eigenvalue weighted by molar-refractivity contribution is 5.29. The lowest BCUT2D eigenvalue weighted by molar-refractivity contribution is -0.00964. The van der Waals surface area contributed by atoms with Crippen molar-refractivity contribution in [3.8, 4) is 0 Å². The molecule has 0 bridgehead atoms. The zero-order chi connectivity index (χ0) is 13.3. The van der Waals surface area contributed by atoms with Crippen molar-refractivity contribution in [2.75, 3.05) is 6.54 Å². The molecule has 18 heavy (non-hydrogen) atoms. The summed E-state index contributed by atoms with van der Waals surface area (Å²) >= 11 is 0. The molecule has 1 aromatic rings. The average molecular weight is 251 g/mol. The van der Waals surface area contributed by atoms with Crippen LogP contribution in [0.1, 0.15) is 37.8 Å². The van der Waals surface area contributed by atoms with E-state index in [1.54, 1.807) is 19.1 Å². The maximum Gasteiger partial charge on any atom is 0.126 e. The summed E-state index contributed by atoms with van der Waals surface area (Å²) in [5.74, 6) is -0.145. The topological polar surface area (TPSA) is 32.3 Å². The summed E-state index contributed by atoms with van der Waals surface area (Å²) < 4.78 is 13.3. The number of hydrogen-bond donors (Lipinski definition) is 2. The summed E-state index contributed by atoms with van der Waals surface area (Å²) in [6, 6.07) is 5.44. The van der Waals surface area contributed by atoms with E-state index in [1.165, 1.54) is 18.9 Å². The quantitative estimate of drug-likeness (QED) is 0.843. The molecule has 0 radical (unpaired) electrons. The fourth-order valence-corrected chi connectivity index (χ4v) is 2.14. The predicted molar refractivity (Wildman–Crippen MR) is 70.9 cm³/mol. The minimum Gasteiger partial charge on any atom is -0.384 e. The van der Waals surface area contributed by atoms with Gasteiger partial charge in [0.25, 0.3) is 0 Å². The Morgan fingerprint density at radius 2 is 2.11 bits per heavy atom. The van der Waals surface area contributed by atoms with Crippen molar-refractivity contribution in [2.24, 2.45) is 5.92 Å². The van der Waals surface area contributed by atoms with Crippen LogP contribution in [-0.4, -0.2) is 17.7 Å². The van der Waals surface area contributed by atoms with Gasteiger partial charge < -0.3 is 10.4 Å². The Kier molecular flexibility index (Phi) is 3.74. The van der Waals surface area contributed by atoms with Crippen LogP contribution in [0.3, 0.4) is 0 Å². The highest BCUT2D eigenvalue weighted by Gasteiger charge is 2.35. The van der Waals surface area contributed by atoms with Crippen LogP contribution < -0.4 is 5.32 Å². The molecule has 2 rings (SSSR count). The molecule has 1 atom stereocenters. The second-order valence-corrected chi connectivity index (χ2v) is 5.70. The number of nitrogens with one attached hydrogen (secondary N) is 1. The number of rotatable bonds is 5. The van der Waals surface area contributed by atoms with Gasteiger partial charge in [-0.25, -0.2) is 4.39 Å². The Bertz CT molecular complexity index is 429. The summed E-state index contributed by atoms with van der Waals surface area (Å²) in [5, 5.41) is 14.2. The molecule has 1 saturated carbocycles. The smallest absolute Gasteiger partial charge is 0.126 e. The van der Waals surface area contributed by atoms with Gasteiger partial charge in [-0.2, -0.15) is 0 Å². The normalized spacial score (nSPS) is 19.0. The zero-order valence-electron chi connectivity index (χ0n) is 11.3. The van der Waals surface area contributed by atoms with Crippen LogP contribution in [0.4, 0.5) is 4.39 Å². The zero-order valence-corrected chi connectivity index (χ0v) is 11.3. The predicted octanol–water partition coefficient (Wildman–Crippen LogP) is 2.73. The van der Waals surface area contributed by atoms with Gasteiger partial charge in [-0.3, -0.25) is 0 Å². The van der Waals surface area contributed by atoms with Gasteiger partial charge in [0.2, 0.25) is 0 Å². The molecule has 0 aromatic heterocycles. The van der Waals surface area contributed by atoms with Gasteiger partial charge in [-0.15, -0.1) is 0 Å². The van der Waals surface area contributed by atoms with Crippen molar-refractivity contribution in [2.45, 2.75) is 45.3 Å². The molecule has 0 heterocycles. The van der Waals surface area contributed by atoms with Crippen LogP contribution in [-0.2, 0) is 5.60 Å². The standard InChI is InChI=1S/C15H22FNO/c1-10(2)15(18,9-17-13-5-6-13)12-4-7-14(16)11(3)8-12/h4,7-8,10,13,17-18H,5-6,9H2,1-3H3. The SMILES string of the molecule is Cc1cc(C(O)(CNC2CC2)C(C)C)ccc1F. The third-order valence-electron chi connectivity index (χ3n) is 3.85. The Balaban J connectivity index is 2.23. The van der Waals surface area contributed by atoms with Crippen molar-refractivity contribution in [1.29, 1.82) is 0 Å². The van der Waals surface area contributed by atoms with E-state index in [-0.39, 0.29) is 11.7 Å². The van der Waals surface area contributed by atoms with E-state index in [0.29, 0.717) is 18.2 Å². The summed E-state index contributed by atoms with van der Waals surface area (Å²) in [6.45, 7) is 6.24. The van der Waals surface area contributed by atoms with Crippen molar-refractivity contribution in [3.63, 3.8) is 0 Å². The minimum atomic E-state index is -0.930. The van der Waals surface area contributed by atoms with Crippen LogP contribution >= 0.6 is 0 Å². The molecule has 0 saturated heterocycles. The van der Waals surface area contributed by atoms with E-state index in [0.717, 1.165) is 5.56 Å². The van der Waals surface area contributed by atoms with Gasteiger partial charge in [0.1, 0.15) is 11.4 Å². The van der Waals surface area contributed by atoms with E-state index in [2.05, 4.69) is 5.32 Å². The van der Waals surface area contributed by atoms with Crippen molar-refractivity contribution in [3.05, 3.63) is 35.1 Å². The maximum atomic E-state index is 13.3. The van der Waals surface area contributed by atoms with E-state index >= 15 is 0 Å². The molecule has 3 heteroatoms. The number of hydrogen-bond acceptors (Lipinski definition) is 2. The van der Waals surface area contributed by atoms with Gasteiger partial charge in [-0.05, 0) is 42.9 Å². The monoisotopic (exact) mass is 251 g/mol. The van der Waals surface area contributed by atoms with Crippen LogP contribution in [0.25, 0.3) is 0 Å². The lowest BCUT2D eigenvalue weighted by atomic mass is 9.82. The first kappa shape index (κ1) is 13.5. The van der Waals surface area contributed by atoms with Gasteiger partial charge >= 0.3 is 0 Å². The van der Waals surface area contributed by atoms with Gasteiger partial charge in [0.15, 0.2) is 0 Å². The van der Waals surface area contributed by atoms with E-state index in [4.69, 9.17) is 0 Å². The van der Waals surface area contributed by atoms with E-state index < -0.39 is 5.60 Å². The van der Waals surface area contributed by atoms with E-state index in [1.807, 2.05) is 13.8 Å². The fourth-order valence-electron chi connectivity index (χ4n) is 2.14. The van der Waals surface area contributed by atoms with E-state index in [9.17, 15) is 9.50 Å². The molecule has 1 unspecified atom stereocenters. The van der Waals surface area contributed by atoms with Crippen LogP contribution in [0.2, 0.25) is 0 Å². The highest BCUT2D eigenvalue weighted by atomic mass is 19.1. The Hall–Kier alpha value is -0.930. The molecule has 1 aliphatic carbocycles. The van der Waals surface area contributed by atoms with Crippen molar-refractivity contribution < 1.29 is 9.50 Å². The first-order chi connectivity index (χ1) is 8.43. The Labute approximate surface area is 108 Å². The van der Waals surface area contributed by atoms with Gasteiger partial charge in [0.05, 0.1) is 0 Å². The molecule has 0 amide bonds. The van der Waals surface area contributed by atoms with Crippen molar-refractivity contribution >= 4 is 0 Å². The number of halogens is 1. The molecule has 2 nitrogen and oxygen atoms in total.